The van der Waals surface area contributed by atoms with Crippen LogP contribution in [0.25, 0.3) is 16.9 Å². The summed E-state index contributed by atoms with van der Waals surface area (Å²) in [6.07, 6.45) is 2.85. The molecule has 10 nitrogen and oxygen atoms in total. The zero-order chi connectivity index (χ0) is 26.6. The summed E-state index contributed by atoms with van der Waals surface area (Å²) in [5.41, 5.74) is 2.31. The van der Waals surface area contributed by atoms with Crippen LogP contribution in [-0.4, -0.2) is 48.9 Å². The van der Waals surface area contributed by atoms with Gasteiger partial charge in [0.25, 0.3) is 5.91 Å². The number of hydrogen-bond donors (Lipinski definition) is 3. The van der Waals surface area contributed by atoms with Crippen molar-refractivity contribution in [2.45, 2.75) is 32.0 Å². The van der Waals surface area contributed by atoms with Crippen molar-refractivity contribution in [3.63, 3.8) is 0 Å². The standard InChI is InChI=1S/C26H23FN8O2/c1-26(2,37)24(27)15-32-25(36)20-14-31-22(23-6-5-19-9-16(11-29)12-33-35(19)23)10-21(20)34-18-4-3-17(7-8-28)30-13-18/h3-6,9-10,12-14,24,37H,7,15H2,1-2H3,(H,31,34)(H,32,36). The quantitative estimate of drug-likeness (QED) is 0.335. The van der Waals surface area contributed by atoms with Crippen LogP contribution in [0.15, 0.2) is 55.0 Å². The fraction of sp³-hybridized carbons (Fsp3) is 0.231. The molecule has 4 aromatic heterocycles. The van der Waals surface area contributed by atoms with Crippen LogP contribution in [0.5, 0.6) is 0 Å². The molecule has 3 N–H and O–H groups in total. The zero-order valence-electron chi connectivity index (χ0n) is 20.1. The maximum Gasteiger partial charge on any atom is 0.255 e. The molecular weight excluding hydrogens is 475 g/mol. The molecule has 0 aliphatic carbocycles. The molecule has 0 bridgehead atoms. The topological polar surface area (TPSA) is 152 Å². The van der Waals surface area contributed by atoms with Gasteiger partial charge in [0.15, 0.2) is 0 Å². The Morgan fingerprint density at radius 1 is 1.16 bits per heavy atom. The summed E-state index contributed by atoms with van der Waals surface area (Å²) in [5.74, 6) is -0.584. The number of carbonyl (C=O) groups excluding carboxylic acids is 1. The van der Waals surface area contributed by atoms with Crippen molar-refractivity contribution in [2.24, 2.45) is 0 Å². The van der Waals surface area contributed by atoms with Crippen LogP contribution in [-0.2, 0) is 6.42 Å². The van der Waals surface area contributed by atoms with E-state index in [1.807, 2.05) is 6.07 Å². The fourth-order valence-corrected chi connectivity index (χ4v) is 3.50. The van der Waals surface area contributed by atoms with E-state index in [0.717, 1.165) is 0 Å². The largest absolute Gasteiger partial charge is 0.387 e. The molecule has 0 saturated carbocycles. The van der Waals surface area contributed by atoms with Gasteiger partial charge in [0, 0.05) is 6.20 Å². The molecule has 37 heavy (non-hydrogen) atoms. The van der Waals surface area contributed by atoms with Gasteiger partial charge in [0.05, 0.1) is 82.1 Å². The molecule has 0 aromatic carbocycles. The molecule has 0 saturated heterocycles. The Kier molecular flexibility index (Phi) is 7.09. The smallest absolute Gasteiger partial charge is 0.255 e. The van der Waals surface area contributed by atoms with Crippen molar-refractivity contribution in [1.82, 2.24) is 24.9 Å². The van der Waals surface area contributed by atoms with Crippen LogP contribution in [0.2, 0.25) is 0 Å². The third kappa shape index (κ3) is 5.69. The first-order valence-electron chi connectivity index (χ1n) is 11.3. The van der Waals surface area contributed by atoms with E-state index >= 15 is 0 Å². The lowest BCUT2D eigenvalue weighted by Crippen LogP contribution is -2.42. The van der Waals surface area contributed by atoms with Crippen LogP contribution < -0.4 is 10.6 Å². The first kappa shape index (κ1) is 25.2. The Labute approximate surface area is 212 Å². The van der Waals surface area contributed by atoms with Crippen molar-refractivity contribution in [1.29, 1.82) is 10.5 Å². The molecule has 0 spiro atoms. The van der Waals surface area contributed by atoms with E-state index in [0.29, 0.717) is 39.5 Å². The number of carbonyl (C=O) groups is 1. The second kappa shape index (κ2) is 10.4. The van der Waals surface area contributed by atoms with E-state index in [-0.39, 0.29) is 18.5 Å². The van der Waals surface area contributed by atoms with Crippen LogP contribution >= 0.6 is 0 Å². The summed E-state index contributed by atoms with van der Waals surface area (Å²) in [5, 5.41) is 37.8. The first-order valence-corrected chi connectivity index (χ1v) is 11.3. The molecule has 4 rings (SSSR count). The summed E-state index contributed by atoms with van der Waals surface area (Å²) in [7, 11) is 0. The van der Waals surface area contributed by atoms with E-state index in [9.17, 15) is 14.3 Å². The number of alkyl halides is 1. The Morgan fingerprint density at radius 3 is 2.65 bits per heavy atom. The number of fused-ring (bicyclic) bond motifs is 1. The molecule has 0 radical (unpaired) electrons. The molecule has 1 amide bonds. The summed E-state index contributed by atoms with van der Waals surface area (Å²) in [6, 6.07) is 14.5. The summed E-state index contributed by atoms with van der Waals surface area (Å²) in [6.45, 7) is 2.26. The number of hydrogen-bond acceptors (Lipinski definition) is 8. The van der Waals surface area contributed by atoms with Gasteiger partial charge in [-0.2, -0.15) is 15.6 Å². The van der Waals surface area contributed by atoms with E-state index < -0.39 is 17.7 Å². The zero-order valence-corrected chi connectivity index (χ0v) is 20.1. The molecule has 11 heteroatoms. The Bertz CT molecular complexity index is 1530. The van der Waals surface area contributed by atoms with E-state index in [1.54, 1.807) is 40.9 Å². The summed E-state index contributed by atoms with van der Waals surface area (Å²) in [4.78, 5) is 21.6. The van der Waals surface area contributed by atoms with Gasteiger partial charge < -0.3 is 15.7 Å². The Balaban J connectivity index is 1.70. The van der Waals surface area contributed by atoms with Gasteiger partial charge in [-0.1, -0.05) is 0 Å². The molecule has 1 atom stereocenters. The second-order valence-electron chi connectivity index (χ2n) is 8.86. The van der Waals surface area contributed by atoms with E-state index in [2.05, 4.69) is 31.8 Å². The Hall–Kier alpha value is -4.87. The predicted octanol–water partition coefficient (Wildman–Crippen LogP) is 3.31. The number of pyridine rings is 2. The van der Waals surface area contributed by atoms with Crippen molar-refractivity contribution >= 4 is 22.8 Å². The number of anilines is 2. The maximum atomic E-state index is 14.2. The summed E-state index contributed by atoms with van der Waals surface area (Å²) >= 11 is 0. The van der Waals surface area contributed by atoms with Gasteiger partial charge in [0.1, 0.15) is 12.2 Å². The Morgan fingerprint density at radius 2 is 1.97 bits per heavy atom. The highest BCUT2D eigenvalue weighted by Gasteiger charge is 2.27. The average molecular weight is 499 g/mol. The van der Waals surface area contributed by atoms with Gasteiger partial charge in [-0.15, -0.1) is 0 Å². The first-order chi connectivity index (χ1) is 17.7. The van der Waals surface area contributed by atoms with E-state index in [1.165, 1.54) is 32.4 Å². The molecule has 0 aliphatic heterocycles. The number of nitrogens with one attached hydrogen (secondary N) is 2. The minimum atomic E-state index is -1.67. The maximum absolute atomic E-state index is 14.2. The molecule has 0 aliphatic rings. The third-order valence-corrected chi connectivity index (χ3v) is 5.61. The van der Waals surface area contributed by atoms with Crippen LogP contribution in [0.1, 0.15) is 35.5 Å². The molecule has 4 aromatic rings. The van der Waals surface area contributed by atoms with Gasteiger partial charge in [-0.25, -0.2) is 8.91 Å². The lowest BCUT2D eigenvalue weighted by atomic mass is 10.0. The molecule has 186 valence electrons. The molecule has 1 unspecified atom stereocenters. The monoisotopic (exact) mass is 498 g/mol. The van der Waals surface area contributed by atoms with Crippen molar-refractivity contribution in [3.8, 4) is 23.5 Å². The van der Waals surface area contributed by atoms with Gasteiger partial charge >= 0.3 is 0 Å². The van der Waals surface area contributed by atoms with E-state index in [4.69, 9.17) is 10.5 Å². The predicted molar refractivity (Wildman–Crippen MR) is 134 cm³/mol. The highest BCUT2D eigenvalue weighted by Crippen LogP contribution is 2.27. The minimum absolute atomic E-state index is 0.147. The average Bonchev–Trinajstić information content (AvgIpc) is 3.31. The number of nitrogens with zero attached hydrogens (tertiary/aromatic N) is 6. The molecular formula is C26H23FN8O2. The number of halogens is 1. The highest BCUT2D eigenvalue weighted by atomic mass is 19.1. The van der Waals surface area contributed by atoms with Crippen LogP contribution in [0, 0.1) is 22.7 Å². The van der Waals surface area contributed by atoms with Crippen molar-refractivity contribution in [2.75, 3.05) is 11.9 Å². The van der Waals surface area contributed by atoms with Gasteiger partial charge in [-0.3, -0.25) is 14.8 Å². The third-order valence-electron chi connectivity index (χ3n) is 5.61. The van der Waals surface area contributed by atoms with Crippen molar-refractivity contribution < 1.29 is 14.3 Å². The van der Waals surface area contributed by atoms with Gasteiger partial charge in [0.2, 0.25) is 0 Å². The second-order valence-corrected chi connectivity index (χ2v) is 8.86. The molecule has 4 heterocycles. The normalized spacial score (nSPS) is 11.9. The number of aliphatic hydroxyl groups is 1. The SMILES string of the molecule is CC(C)(O)C(F)CNC(=O)c1cnc(-c2ccc3cc(C#N)cnn23)cc1Nc1ccc(CC#N)nc1. The fourth-order valence-electron chi connectivity index (χ4n) is 3.50. The van der Waals surface area contributed by atoms with Gasteiger partial charge in [-0.05, 0) is 50.2 Å². The lowest BCUT2D eigenvalue weighted by molar-refractivity contribution is -0.00177. The lowest BCUT2D eigenvalue weighted by Gasteiger charge is -2.22. The number of aromatic nitrogens is 4. The van der Waals surface area contributed by atoms with Crippen LogP contribution in [0.3, 0.4) is 0 Å². The van der Waals surface area contributed by atoms with Crippen LogP contribution in [0.4, 0.5) is 15.8 Å². The molecule has 0 fully saturated rings. The summed E-state index contributed by atoms with van der Waals surface area (Å²) < 4.78 is 15.9. The number of rotatable bonds is 8. The number of nitriles is 2. The minimum Gasteiger partial charge on any atom is -0.387 e. The highest BCUT2D eigenvalue weighted by molar-refractivity contribution is 6.00. The van der Waals surface area contributed by atoms with Crippen molar-refractivity contribution in [3.05, 3.63) is 71.8 Å². The number of amides is 1.